The topological polar surface area (TPSA) is 64.8 Å². The van der Waals surface area contributed by atoms with Crippen molar-refractivity contribution in [1.29, 1.82) is 0 Å². The van der Waals surface area contributed by atoms with Gasteiger partial charge in [-0.15, -0.1) is 0 Å². The fourth-order valence-electron chi connectivity index (χ4n) is 3.83. The fourth-order valence-corrected chi connectivity index (χ4v) is 3.83. The number of nitrogens with two attached hydrogens (primary N) is 1. The zero-order chi connectivity index (χ0) is 19.4. The lowest BCUT2D eigenvalue weighted by Gasteiger charge is -2.31. The van der Waals surface area contributed by atoms with Gasteiger partial charge >= 0.3 is 0 Å². The van der Waals surface area contributed by atoms with Gasteiger partial charge in [0.05, 0.1) is 26.2 Å². The highest BCUT2D eigenvalue weighted by atomic mass is 16.5. The van der Waals surface area contributed by atoms with E-state index < -0.39 is 0 Å². The average Bonchev–Trinajstić information content (AvgIpc) is 3.21. The third kappa shape index (κ3) is 3.93. The van der Waals surface area contributed by atoms with Crippen molar-refractivity contribution in [2.45, 2.75) is 31.8 Å². The largest absolute Gasteiger partial charge is 0.497 e. The Hall–Kier alpha value is -2.53. The van der Waals surface area contributed by atoms with Crippen LogP contribution in [0.15, 0.2) is 48.5 Å². The van der Waals surface area contributed by atoms with E-state index in [0.717, 1.165) is 42.0 Å². The van der Waals surface area contributed by atoms with Gasteiger partial charge in [0, 0.05) is 24.2 Å². The zero-order valence-corrected chi connectivity index (χ0v) is 16.2. The SMILES string of the molecule is COc1ccc(C2CCCN2C(=O)C(C)C(N)c2ccccc2)c(OC)c1. The minimum absolute atomic E-state index is 0.00350. The Bertz CT molecular complexity index is 778. The van der Waals surface area contributed by atoms with E-state index in [9.17, 15) is 4.79 Å². The predicted octanol–water partition coefficient (Wildman–Crippen LogP) is 3.70. The highest BCUT2D eigenvalue weighted by molar-refractivity contribution is 5.80. The van der Waals surface area contributed by atoms with E-state index in [1.54, 1.807) is 14.2 Å². The second kappa shape index (κ2) is 8.44. The van der Waals surface area contributed by atoms with Crippen molar-refractivity contribution in [2.75, 3.05) is 20.8 Å². The van der Waals surface area contributed by atoms with Crippen LogP contribution in [0, 0.1) is 5.92 Å². The Morgan fingerprint density at radius 2 is 1.89 bits per heavy atom. The van der Waals surface area contributed by atoms with Gasteiger partial charge in [-0.3, -0.25) is 4.79 Å². The van der Waals surface area contributed by atoms with Gasteiger partial charge < -0.3 is 20.1 Å². The highest BCUT2D eigenvalue weighted by Gasteiger charge is 2.36. The number of likely N-dealkylation sites (tertiary alicyclic amines) is 1. The summed E-state index contributed by atoms with van der Waals surface area (Å²) in [5.41, 5.74) is 8.40. The van der Waals surface area contributed by atoms with Crippen molar-refractivity contribution in [3.63, 3.8) is 0 Å². The van der Waals surface area contributed by atoms with Crippen LogP contribution in [0.2, 0.25) is 0 Å². The van der Waals surface area contributed by atoms with Crippen molar-refractivity contribution in [1.82, 2.24) is 4.90 Å². The molecule has 1 aliphatic rings. The molecule has 1 amide bonds. The number of hydrogen-bond acceptors (Lipinski definition) is 4. The molecule has 0 radical (unpaired) electrons. The molecule has 144 valence electrons. The van der Waals surface area contributed by atoms with Gasteiger partial charge in [-0.05, 0) is 30.5 Å². The molecule has 2 aromatic carbocycles. The van der Waals surface area contributed by atoms with E-state index in [1.165, 1.54) is 0 Å². The molecule has 1 saturated heterocycles. The molecule has 0 bridgehead atoms. The first-order valence-electron chi connectivity index (χ1n) is 9.39. The number of benzene rings is 2. The first-order chi connectivity index (χ1) is 13.1. The van der Waals surface area contributed by atoms with Crippen LogP contribution in [0.25, 0.3) is 0 Å². The summed E-state index contributed by atoms with van der Waals surface area (Å²) in [4.78, 5) is 15.2. The molecule has 0 spiro atoms. The number of methoxy groups -OCH3 is 2. The number of ether oxygens (including phenoxy) is 2. The van der Waals surface area contributed by atoms with Gasteiger partial charge in [0.1, 0.15) is 11.5 Å². The minimum Gasteiger partial charge on any atom is -0.497 e. The van der Waals surface area contributed by atoms with Gasteiger partial charge in [-0.1, -0.05) is 37.3 Å². The Labute approximate surface area is 161 Å². The third-order valence-corrected chi connectivity index (χ3v) is 5.45. The molecule has 0 aromatic heterocycles. The van der Waals surface area contributed by atoms with Crippen LogP contribution >= 0.6 is 0 Å². The zero-order valence-electron chi connectivity index (χ0n) is 16.2. The number of nitrogens with zero attached hydrogens (tertiary/aromatic N) is 1. The average molecular weight is 368 g/mol. The summed E-state index contributed by atoms with van der Waals surface area (Å²) in [7, 11) is 3.28. The van der Waals surface area contributed by atoms with Crippen molar-refractivity contribution >= 4 is 5.91 Å². The van der Waals surface area contributed by atoms with Gasteiger partial charge in [0.2, 0.25) is 5.91 Å². The molecule has 1 fully saturated rings. The normalized spacial score (nSPS) is 18.8. The second-order valence-corrected chi connectivity index (χ2v) is 7.02. The summed E-state index contributed by atoms with van der Waals surface area (Å²) in [5, 5.41) is 0. The van der Waals surface area contributed by atoms with Crippen LogP contribution in [-0.2, 0) is 4.79 Å². The fraction of sp³-hybridized carbons (Fsp3) is 0.409. The number of carbonyl (C=O) groups excluding carboxylic acids is 1. The van der Waals surface area contributed by atoms with Gasteiger partial charge in [-0.25, -0.2) is 0 Å². The van der Waals surface area contributed by atoms with E-state index >= 15 is 0 Å². The maximum Gasteiger partial charge on any atom is 0.227 e. The lowest BCUT2D eigenvalue weighted by Crippen LogP contribution is -2.39. The van der Waals surface area contributed by atoms with Gasteiger partial charge in [0.15, 0.2) is 0 Å². The first kappa shape index (κ1) is 19.2. The Kier molecular flexibility index (Phi) is 6.01. The van der Waals surface area contributed by atoms with E-state index in [2.05, 4.69) is 0 Å². The molecule has 0 saturated carbocycles. The summed E-state index contributed by atoms with van der Waals surface area (Å²) < 4.78 is 10.9. The molecule has 5 heteroatoms. The number of rotatable bonds is 6. The monoisotopic (exact) mass is 368 g/mol. The molecule has 2 N–H and O–H groups in total. The number of hydrogen-bond donors (Lipinski definition) is 1. The van der Waals surface area contributed by atoms with Gasteiger partial charge in [0.25, 0.3) is 0 Å². The van der Waals surface area contributed by atoms with Crippen LogP contribution in [0.4, 0.5) is 0 Å². The molecule has 1 heterocycles. The van der Waals surface area contributed by atoms with Crippen LogP contribution in [-0.4, -0.2) is 31.6 Å². The van der Waals surface area contributed by atoms with Crippen molar-refractivity contribution in [3.05, 3.63) is 59.7 Å². The molecule has 3 atom stereocenters. The summed E-state index contributed by atoms with van der Waals surface area (Å²) in [6.45, 7) is 2.66. The Morgan fingerprint density at radius 3 is 2.56 bits per heavy atom. The van der Waals surface area contributed by atoms with E-state index in [0.29, 0.717) is 0 Å². The first-order valence-corrected chi connectivity index (χ1v) is 9.39. The molecule has 27 heavy (non-hydrogen) atoms. The van der Waals surface area contributed by atoms with Crippen LogP contribution in [0.5, 0.6) is 11.5 Å². The second-order valence-electron chi connectivity index (χ2n) is 7.02. The molecule has 3 unspecified atom stereocenters. The standard InChI is InChI=1S/C22H28N2O3/c1-15(21(23)16-8-5-4-6-9-16)22(25)24-13-7-10-19(24)18-12-11-17(26-2)14-20(18)27-3/h4-6,8-9,11-12,14-15,19,21H,7,10,13,23H2,1-3H3. The number of amides is 1. The van der Waals surface area contributed by atoms with Crippen LogP contribution < -0.4 is 15.2 Å². The quantitative estimate of drug-likeness (QED) is 0.844. The molecular weight excluding hydrogens is 340 g/mol. The number of carbonyl (C=O) groups is 1. The van der Waals surface area contributed by atoms with E-state index in [-0.39, 0.29) is 23.9 Å². The highest BCUT2D eigenvalue weighted by Crippen LogP contribution is 2.40. The predicted molar refractivity (Wildman–Crippen MR) is 106 cm³/mol. The summed E-state index contributed by atoms with van der Waals surface area (Å²) in [6.07, 6.45) is 1.89. The lowest BCUT2D eigenvalue weighted by atomic mass is 9.93. The van der Waals surface area contributed by atoms with Crippen molar-refractivity contribution < 1.29 is 14.3 Å². The van der Waals surface area contributed by atoms with E-state index in [4.69, 9.17) is 15.2 Å². The minimum atomic E-state index is -0.322. The molecule has 3 rings (SSSR count). The van der Waals surface area contributed by atoms with Crippen LogP contribution in [0.3, 0.4) is 0 Å². The molecule has 1 aliphatic heterocycles. The third-order valence-electron chi connectivity index (χ3n) is 5.45. The summed E-state index contributed by atoms with van der Waals surface area (Å²) in [6, 6.07) is 15.3. The van der Waals surface area contributed by atoms with Crippen molar-refractivity contribution in [2.24, 2.45) is 11.7 Å². The lowest BCUT2D eigenvalue weighted by molar-refractivity contribution is -0.136. The van der Waals surface area contributed by atoms with E-state index in [1.807, 2.05) is 60.4 Å². The Morgan fingerprint density at radius 1 is 1.15 bits per heavy atom. The van der Waals surface area contributed by atoms with Crippen molar-refractivity contribution in [3.8, 4) is 11.5 Å². The maximum atomic E-state index is 13.2. The smallest absolute Gasteiger partial charge is 0.227 e. The summed E-state index contributed by atoms with van der Waals surface area (Å²) in [5.74, 6) is 1.29. The van der Waals surface area contributed by atoms with Crippen LogP contribution in [0.1, 0.15) is 43.0 Å². The molecule has 5 nitrogen and oxygen atoms in total. The Balaban J connectivity index is 1.82. The van der Waals surface area contributed by atoms with Gasteiger partial charge in [-0.2, -0.15) is 0 Å². The molecular formula is C22H28N2O3. The molecule has 2 aromatic rings. The summed E-state index contributed by atoms with van der Waals surface area (Å²) >= 11 is 0. The maximum absolute atomic E-state index is 13.2. The molecule has 0 aliphatic carbocycles.